The van der Waals surface area contributed by atoms with Crippen molar-refractivity contribution in [2.45, 2.75) is 18.6 Å². The van der Waals surface area contributed by atoms with Gasteiger partial charge in [-0.05, 0) is 35.0 Å². The van der Waals surface area contributed by atoms with Crippen LogP contribution in [0.5, 0.6) is 0 Å². The molecule has 1 aliphatic heterocycles. The SMILES string of the molecule is Cc1nc(Br)ccc1N1CC(S)CC1=O. The second kappa shape index (κ2) is 4.14. The number of carbonyl (C=O) groups excluding carboxylic acids is 1. The molecule has 1 amide bonds. The Hall–Kier alpha value is -0.550. The van der Waals surface area contributed by atoms with Crippen molar-refractivity contribution in [2.24, 2.45) is 0 Å². The Labute approximate surface area is 102 Å². The lowest BCUT2D eigenvalue weighted by Crippen LogP contribution is -2.25. The van der Waals surface area contributed by atoms with E-state index < -0.39 is 0 Å². The monoisotopic (exact) mass is 286 g/mol. The Morgan fingerprint density at radius 2 is 2.33 bits per heavy atom. The lowest BCUT2D eigenvalue weighted by atomic mass is 10.3. The summed E-state index contributed by atoms with van der Waals surface area (Å²) in [5, 5.41) is 0.139. The summed E-state index contributed by atoms with van der Waals surface area (Å²) < 4.78 is 0.790. The van der Waals surface area contributed by atoms with Gasteiger partial charge in [0.1, 0.15) is 4.60 Å². The Kier molecular flexibility index (Phi) is 3.02. The van der Waals surface area contributed by atoms with Crippen LogP contribution >= 0.6 is 28.6 Å². The summed E-state index contributed by atoms with van der Waals surface area (Å²) in [5.74, 6) is 0.127. The van der Waals surface area contributed by atoms with Crippen LogP contribution in [0.2, 0.25) is 0 Å². The highest BCUT2D eigenvalue weighted by Gasteiger charge is 2.29. The van der Waals surface area contributed by atoms with E-state index in [-0.39, 0.29) is 11.2 Å². The Morgan fingerprint density at radius 3 is 2.87 bits per heavy atom. The summed E-state index contributed by atoms with van der Waals surface area (Å²) in [5.41, 5.74) is 1.75. The van der Waals surface area contributed by atoms with Crippen molar-refractivity contribution < 1.29 is 4.79 Å². The van der Waals surface area contributed by atoms with Gasteiger partial charge in [-0.3, -0.25) is 4.79 Å². The average molecular weight is 287 g/mol. The first-order valence-electron chi connectivity index (χ1n) is 4.69. The minimum absolute atomic E-state index is 0.127. The number of thiol groups is 1. The molecule has 0 bridgehead atoms. The standard InChI is InChI=1S/C10H11BrN2OS/c1-6-8(2-3-9(11)12-6)13-5-7(15)4-10(13)14/h2-3,7,15H,4-5H2,1H3. The molecule has 3 nitrogen and oxygen atoms in total. The minimum atomic E-state index is 0.127. The molecule has 0 aliphatic carbocycles. The predicted octanol–water partition coefficient (Wildman–Crippen LogP) is 2.19. The highest BCUT2D eigenvalue weighted by molar-refractivity contribution is 9.10. The fraction of sp³-hybridized carbons (Fsp3) is 0.400. The molecule has 5 heteroatoms. The zero-order chi connectivity index (χ0) is 11.0. The van der Waals surface area contributed by atoms with Gasteiger partial charge in [-0.25, -0.2) is 4.98 Å². The van der Waals surface area contributed by atoms with Gasteiger partial charge in [-0.15, -0.1) is 0 Å². The number of carbonyl (C=O) groups is 1. The molecular weight excluding hydrogens is 276 g/mol. The second-order valence-corrected chi connectivity index (χ2v) is 5.14. The van der Waals surface area contributed by atoms with E-state index in [1.165, 1.54) is 0 Å². The fourth-order valence-electron chi connectivity index (χ4n) is 1.73. The maximum absolute atomic E-state index is 11.7. The number of anilines is 1. The van der Waals surface area contributed by atoms with E-state index in [2.05, 4.69) is 33.5 Å². The quantitative estimate of drug-likeness (QED) is 0.634. The summed E-state index contributed by atoms with van der Waals surface area (Å²) in [7, 11) is 0. The van der Waals surface area contributed by atoms with E-state index >= 15 is 0 Å². The van der Waals surface area contributed by atoms with Crippen molar-refractivity contribution in [3.8, 4) is 0 Å². The van der Waals surface area contributed by atoms with Crippen molar-refractivity contribution >= 4 is 40.2 Å². The van der Waals surface area contributed by atoms with Crippen molar-refractivity contribution in [3.63, 3.8) is 0 Å². The molecule has 1 aromatic heterocycles. The molecule has 1 unspecified atom stereocenters. The lowest BCUT2D eigenvalue weighted by molar-refractivity contribution is -0.117. The fourth-order valence-corrected chi connectivity index (χ4v) is 2.45. The van der Waals surface area contributed by atoms with Crippen LogP contribution in [0.25, 0.3) is 0 Å². The van der Waals surface area contributed by atoms with E-state index in [1.807, 2.05) is 19.1 Å². The number of hydrogen-bond donors (Lipinski definition) is 1. The van der Waals surface area contributed by atoms with Gasteiger partial charge in [0.2, 0.25) is 5.91 Å². The first kappa shape index (κ1) is 11.0. The van der Waals surface area contributed by atoms with Crippen LogP contribution in [-0.4, -0.2) is 22.7 Å². The number of halogens is 1. The Bertz CT molecular complexity index is 410. The van der Waals surface area contributed by atoms with Gasteiger partial charge in [0, 0.05) is 18.2 Å². The molecule has 2 rings (SSSR count). The summed E-state index contributed by atoms with van der Waals surface area (Å²) in [4.78, 5) is 17.7. The van der Waals surface area contributed by atoms with Crippen molar-refractivity contribution in [3.05, 3.63) is 22.4 Å². The zero-order valence-corrected chi connectivity index (χ0v) is 10.8. The highest BCUT2D eigenvalue weighted by Crippen LogP contribution is 2.27. The van der Waals surface area contributed by atoms with Gasteiger partial charge < -0.3 is 4.90 Å². The molecule has 1 aliphatic rings. The van der Waals surface area contributed by atoms with Crippen molar-refractivity contribution in [1.29, 1.82) is 0 Å². The van der Waals surface area contributed by atoms with Crippen molar-refractivity contribution in [2.75, 3.05) is 11.4 Å². The molecule has 1 atom stereocenters. The van der Waals surface area contributed by atoms with E-state index in [0.717, 1.165) is 16.0 Å². The van der Waals surface area contributed by atoms with E-state index in [4.69, 9.17) is 0 Å². The molecule has 80 valence electrons. The summed E-state index contributed by atoms with van der Waals surface area (Å²) >= 11 is 7.63. The number of aromatic nitrogens is 1. The molecule has 0 N–H and O–H groups in total. The smallest absolute Gasteiger partial charge is 0.228 e. The van der Waals surface area contributed by atoms with Crippen LogP contribution in [-0.2, 0) is 4.79 Å². The first-order chi connectivity index (χ1) is 7.08. The highest BCUT2D eigenvalue weighted by atomic mass is 79.9. The van der Waals surface area contributed by atoms with Gasteiger partial charge in [-0.2, -0.15) is 12.6 Å². The average Bonchev–Trinajstić information content (AvgIpc) is 2.45. The second-order valence-electron chi connectivity index (χ2n) is 3.60. The number of aryl methyl sites for hydroxylation is 1. The van der Waals surface area contributed by atoms with E-state index in [0.29, 0.717) is 13.0 Å². The van der Waals surface area contributed by atoms with Gasteiger partial charge in [0.15, 0.2) is 0 Å². The summed E-state index contributed by atoms with van der Waals surface area (Å²) in [6.45, 7) is 2.57. The Balaban J connectivity index is 2.34. The predicted molar refractivity (Wildman–Crippen MR) is 66.4 cm³/mol. The Morgan fingerprint density at radius 1 is 1.60 bits per heavy atom. The number of pyridine rings is 1. The largest absolute Gasteiger partial charge is 0.309 e. The van der Waals surface area contributed by atoms with Crippen LogP contribution in [0.4, 0.5) is 5.69 Å². The third-order valence-corrected chi connectivity index (χ3v) is 3.21. The third-order valence-electron chi connectivity index (χ3n) is 2.42. The van der Waals surface area contributed by atoms with E-state index in [9.17, 15) is 4.79 Å². The van der Waals surface area contributed by atoms with E-state index in [1.54, 1.807) is 4.90 Å². The molecule has 0 aromatic carbocycles. The molecule has 1 fully saturated rings. The molecule has 2 heterocycles. The van der Waals surface area contributed by atoms with Crippen LogP contribution in [0, 0.1) is 6.92 Å². The topological polar surface area (TPSA) is 33.2 Å². The molecule has 0 spiro atoms. The molecule has 15 heavy (non-hydrogen) atoms. The number of rotatable bonds is 1. The molecule has 0 saturated carbocycles. The maximum Gasteiger partial charge on any atom is 0.228 e. The van der Waals surface area contributed by atoms with Gasteiger partial charge in [0.25, 0.3) is 0 Å². The summed E-state index contributed by atoms with van der Waals surface area (Å²) in [6, 6.07) is 3.76. The third kappa shape index (κ3) is 2.18. The molecule has 1 aromatic rings. The van der Waals surface area contributed by atoms with Crippen LogP contribution in [0.15, 0.2) is 16.7 Å². The van der Waals surface area contributed by atoms with Crippen molar-refractivity contribution in [1.82, 2.24) is 4.98 Å². The first-order valence-corrected chi connectivity index (χ1v) is 6.00. The van der Waals surface area contributed by atoms with Crippen LogP contribution in [0.1, 0.15) is 12.1 Å². The van der Waals surface area contributed by atoms with Crippen LogP contribution in [0.3, 0.4) is 0 Å². The number of hydrogen-bond acceptors (Lipinski definition) is 3. The molecular formula is C10H11BrN2OS. The zero-order valence-electron chi connectivity index (χ0n) is 8.27. The van der Waals surface area contributed by atoms with Gasteiger partial charge >= 0.3 is 0 Å². The lowest BCUT2D eigenvalue weighted by Gasteiger charge is -2.17. The number of nitrogens with zero attached hydrogens (tertiary/aromatic N) is 2. The molecule has 1 saturated heterocycles. The molecule has 0 radical (unpaired) electrons. The van der Waals surface area contributed by atoms with Gasteiger partial charge in [-0.1, -0.05) is 0 Å². The normalized spacial score (nSPS) is 21.1. The number of amides is 1. The van der Waals surface area contributed by atoms with Crippen LogP contribution < -0.4 is 4.90 Å². The van der Waals surface area contributed by atoms with Gasteiger partial charge in [0.05, 0.1) is 11.4 Å². The minimum Gasteiger partial charge on any atom is -0.309 e. The maximum atomic E-state index is 11.7. The summed E-state index contributed by atoms with van der Waals surface area (Å²) in [6.07, 6.45) is 0.513.